The number of rotatable bonds is 9. The Hall–Kier alpha value is -2.33. The summed E-state index contributed by atoms with van der Waals surface area (Å²) >= 11 is 0. The van der Waals surface area contributed by atoms with Crippen LogP contribution in [0.15, 0.2) is 48.5 Å². The van der Waals surface area contributed by atoms with Crippen LogP contribution in [0.25, 0.3) is 0 Å². The number of hydrogen-bond donors (Lipinski definition) is 2. The minimum absolute atomic E-state index is 0.0718. The van der Waals surface area contributed by atoms with Crippen LogP contribution in [-0.2, 0) is 17.8 Å². The summed E-state index contributed by atoms with van der Waals surface area (Å²) in [6, 6.07) is 17.3. The lowest BCUT2D eigenvalue weighted by molar-refractivity contribution is -0.692. The number of carbonyl (C=O) groups excluding carboxylic acids is 1. The minimum atomic E-state index is 0.0718. The lowest BCUT2D eigenvalue weighted by Gasteiger charge is -2.20. The zero-order valence-electron chi connectivity index (χ0n) is 17.3. The fourth-order valence-corrected chi connectivity index (χ4v) is 3.19. The van der Waals surface area contributed by atoms with Gasteiger partial charge in [0.25, 0.3) is 5.91 Å². The first-order chi connectivity index (χ1) is 12.9. The molecule has 1 atom stereocenters. The van der Waals surface area contributed by atoms with Crippen molar-refractivity contribution >= 4 is 11.6 Å². The van der Waals surface area contributed by atoms with Gasteiger partial charge in [0.05, 0.1) is 0 Å². The molecule has 4 heteroatoms. The van der Waals surface area contributed by atoms with Crippen LogP contribution in [0.3, 0.4) is 0 Å². The van der Waals surface area contributed by atoms with Crippen LogP contribution < -0.4 is 15.5 Å². The summed E-state index contributed by atoms with van der Waals surface area (Å²) in [5.74, 6) is 0.534. The topological polar surface area (TPSA) is 49.0 Å². The smallest absolute Gasteiger partial charge is 0.275 e. The first-order valence-electron chi connectivity index (χ1n) is 9.85. The normalized spacial score (nSPS) is 12.1. The monoisotopic (exact) mass is 368 g/mol. The maximum atomic E-state index is 12.3. The third kappa shape index (κ3) is 6.40. The van der Waals surface area contributed by atoms with Crippen molar-refractivity contribution in [1.29, 1.82) is 0 Å². The second-order valence-corrected chi connectivity index (χ2v) is 7.64. The largest absolute Gasteiger partial charge is 0.378 e. The van der Waals surface area contributed by atoms with Gasteiger partial charge in [0.15, 0.2) is 6.54 Å². The van der Waals surface area contributed by atoms with Crippen molar-refractivity contribution in [3.8, 4) is 0 Å². The number of nitrogens with two attached hydrogens (primary N) is 1. The van der Waals surface area contributed by atoms with Gasteiger partial charge in [-0.25, -0.2) is 0 Å². The molecule has 4 nitrogen and oxygen atoms in total. The molecule has 2 rings (SSSR count). The molecule has 27 heavy (non-hydrogen) atoms. The maximum absolute atomic E-state index is 12.3. The Morgan fingerprint density at radius 2 is 1.59 bits per heavy atom. The number of hydrogen-bond acceptors (Lipinski definition) is 2. The first kappa shape index (κ1) is 21.0. The quantitative estimate of drug-likeness (QED) is 0.715. The van der Waals surface area contributed by atoms with Crippen LogP contribution in [-0.4, -0.2) is 26.5 Å². The number of nitrogens with one attached hydrogen (secondary N) is 1. The summed E-state index contributed by atoms with van der Waals surface area (Å²) in [6.07, 6.45) is 1.05. The average Bonchev–Trinajstić information content (AvgIpc) is 2.67. The fraction of sp³-hybridized carbons (Fsp3) is 0.435. The molecule has 3 N–H and O–H groups in total. The van der Waals surface area contributed by atoms with Crippen LogP contribution in [0, 0.1) is 5.92 Å². The van der Waals surface area contributed by atoms with E-state index in [1.807, 2.05) is 14.1 Å². The lowest BCUT2D eigenvalue weighted by atomic mass is 9.95. The SMILES string of the molecule is CCc1ccc([C@H]([NH2+]CC(=O)NCc2ccc(N(C)C)cc2)C(C)C)cc1. The third-order valence-corrected chi connectivity index (χ3v) is 4.99. The molecule has 1 amide bonds. The highest BCUT2D eigenvalue weighted by Gasteiger charge is 2.20. The van der Waals surface area contributed by atoms with E-state index in [9.17, 15) is 4.79 Å². The molecule has 146 valence electrons. The molecule has 0 bridgehead atoms. The molecule has 2 aromatic rings. The summed E-state index contributed by atoms with van der Waals surface area (Å²) < 4.78 is 0. The summed E-state index contributed by atoms with van der Waals surface area (Å²) in [5.41, 5.74) is 4.91. The average molecular weight is 369 g/mol. The second kappa shape index (κ2) is 10.1. The van der Waals surface area contributed by atoms with Gasteiger partial charge in [0.1, 0.15) is 6.04 Å². The Balaban J connectivity index is 1.86. The van der Waals surface area contributed by atoms with E-state index in [1.165, 1.54) is 11.1 Å². The molecule has 0 spiro atoms. The van der Waals surface area contributed by atoms with Crippen LogP contribution in [0.5, 0.6) is 0 Å². The highest BCUT2D eigenvalue weighted by molar-refractivity contribution is 5.76. The van der Waals surface area contributed by atoms with E-state index in [-0.39, 0.29) is 5.91 Å². The molecule has 0 fully saturated rings. The number of anilines is 1. The van der Waals surface area contributed by atoms with Gasteiger partial charge in [-0.15, -0.1) is 0 Å². The van der Waals surface area contributed by atoms with E-state index in [2.05, 4.69) is 84.8 Å². The van der Waals surface area contributed by atoms with Gasteiger partial charge in [-0.1, -0.05) is 57.2 Å². The van der Waals surface area contributed by atoms with Crippen LogP contribution in [0.4, 0.5) is 5.69 Å². The number of nitrogens with zero attached hydrogens (tertiary/aromatic N) is 1. The van der Waals surface area contributed by atoms with Gasteiger partial charge in [-0.05, 0) is 29.7 Å². The Morgan fingerprint density at radius 1 is 1.00 bits per heavy atom. The van der Waals surface area contributed by atoms with Gasteiger partial charge in [-0.2, -0.15) is 0 Å². The number of amides is 1. The van der Waals surface area contributed by atoms with E-state index in [1.54, 1.807) is 0 Å². The molecule has 0 aliphatic rings. The van der Waals surface area contributed by atoms with Crippen molar-refractivity contribution in [3.05, 3.63) is 65.2 Å². The highest BCUT2D eigenvalue weighted by atomic mass is 16.1. The van der Waals surface area contributed by atoms with E-state index in [4.69, 9.17) is 0 Å². The van der Waals surface area contributed by atoms with Crippen LogP contribution >= 0.6 is 0 Å². The molecule has 0 radical (unpaired) electrons. The molecule has 0 saturated heterocycles. The Kier molecular flexibility index (Phi) is 7.86. The summed E-state index contributed by atoms with van der Waals surface area (Å²) in [5, 5.41) is 5.18. The molecule has 0 aliphatic carbocycles. The van der Waals surface area contributed by atoms with Crippen molar-refractivity contribution in [2.24, 2.45) is 5.92 Å². The molecule has 2 aromatic carbocycles. The van der Waals surface area contributed by atoms with Crippen molar-refractivity contribution in [2.75, 3.05) is 25.5 Å². The minimum Gasteiger partial charge on any atom is -0.378 e. The molecule has 0 unspecified atom stereocenters. The molecule has 0 heterocycles. The molecular weight excluding hydrogens is 334 g/mol. The molecule has 0 aliphatic heterocycles. The number of benzene rings is 2. The Morgan fingerprint density at radius 3 is 2.11 bits per heavy atom. The van der Waals surface area contributed by atoms with Gasteiger partial charge in [0.2, 0.25) is 0 Å². The van der Waals surface area contributed by atoms with E-state index < -0.39 is 0 Å². The van der Waals surface area contributed by atoms with Gasteiger partial charge >= 0.3 is 0 Å². The predicted octanol–water partition coefficient (Wildman–Crippen LogP) is 2.89. The fourth-order valence-electron chi connectivity index (χ4n) is 3.19. The van der Waals surface area contributed by atoms with Gasteiger partial charge in [-0.3, -0.25) is 4.79 Å². The number of quaternary nitrogens is 1. The molecule has 0 saturated carbocycles. The van der Waals surface area contributed by atoms with Crippen molar-refractivity contribution in [1.82, 2.24) is 5.32 Å². The number of aryl methyl sites for hydroxylation is 1. The summed E-state index contributed by atoms with van der Waals surface area (Å²) in [4.78, 5) is 14.4. The maximum Gasteiger partial charge on any atom is 0.275 e. The predicted molar refractivity (Wildman–Crippen MR) is 113 cm³/mol. The second-order valence-electron chi connectivity index (χ2n) is 7.64. The van der Waals surface area contributed by atoms with Crippen LogP contribution in [0.2, 0.25) is 0 Å². The Bertz CT molecular complexity index is 705. The highest BCUT2D eigenvalue weighted by Crippen LogP contribution is 2.18. The van der Waals surface area contributed by atoms with Crippen LogP contribution in [0.1, 0.15) is 43.5 Å². The lowest BCUT2D eigenvalue weighted by Crippen LogP contribution is -2.88. The number of carbonyl (C=O) groups is 1. The first-order valence-corrected chi connectivity index (χ1v) is 9.85. The van der Waals surface area contributed by atoms with E-state index in [0.29, 0.717) is 25.0 Å². The zero-order chi connectivity index (χ0) is 19.8. The summed E-state index contributed by atoms with van der Waals surface area (Å²) in [7, 11) is 4.04. The molecule has 0 aromatic heterocycles. The van der Waals surface area contributed by atoms with Crippen molar-refractivity contribution in [2.45, 2.75) is 39.8 Å². The van der Waals surface area contributed by atoms with Gasteiger partial charge < -0.3 is 15.5 Å². The Labute approximate surface area is 164 Å². The third-order valence-electron chi connectivity index (χ3n) is 4.99. The van der Waals surface area contributed by atoms with Crippen molar-refractivity contribution < 1.29 is 10.1 Å². The van der Waals surface area contributed by atoms with E-state index >= 15 is 0 Å². The van der Waals surface area contributed by atoms with E-state index in [0.717, 1.165) is 17.7 Å². The zero-order valence-corrected chi connectivity index (χ0v) is 17.3. The standard InChI is InChI=1S/C23H33N3O/c1-6-18-7-11-20(12-8-18)23(17(2)3)25-16-22(27)24-15-19-9-13-21(14-10-19)26(4)5/h7-14,17,23,25H,6,15-16H2,1-5H3,(H,24,27)/p+1/t23-/m1/s1. The van der Waals surface area contributed by atoms with Crippen molar-refractivity contribution in [3.63, 3.8) is 0 Å². The molecular formula is C23H34N3O+. The summed E-state index contributed by atoms with van der Waals surface area (Å²) in [6.45, 7) is 7.59. The van der Waals surface area contributed by atoms with Gasteiger partial charge in [0, 0.05) is 37.8 Å².